The lowest BCUT2D eigenvalue weighted by atomic mass is 10.4. The monoisotopic (exact) mass is 265 g/mol. The average molecular weight is 265 g/mol. The van der Waals surface area contributed by atoms with Gasteiger partial charge in [0.1, 0.15) is 0 Å². The van der Waals surface area contributed by atoms with Gasteiger partial charge in [-0.15, -0.1) is 0 Å². The number of H-pyrrole nitrogens is 1. The number of aromatic nitrogens is 4. The summed E-state index contributed by atoms with van der Waals surface area (Å²) in [5, 5.41) is 2.24. The molecule has 1 fully saturated rings. The first-order chi connectivity index (χ1) is 9.09. The Kier molecular flexibility index (Phi) is 2.67. The van der Waals surface area contributed by atoms with Crippen molar-refractivity contribution in [3.63, 3.8) is 0 Å². The van der Waals surface area contributed by atoms with Crippen molar-refractivity contribution in [1.29, 1.82) is 0 Å². The molecule has 2 aromatic heterocycles. The molecule has 3 rings (SSSR count). The van der Waals surface area contributed by atoms with E-state index in [1.807, 2.05) is 0 Å². The van der Waals surface area contributed by atoms with E-state index in [4.69, 9.17) is 0 Å². The van der Waals surface area contributed by atoms with E-state index in [0.29, 0.717) is 17.1 Å². The summed E-state index contributed by atoms with van der Waals surface area (Å²) in [6.07, 6.45) is 0. The number of imidazole rings is 1. The molecule has 3 heterocycles. The number of piperazine rings is 1. The number of nitrogens with zero attached hydrogens (tertiary/aromatic N) is 4. The average Bonchev–Trinajstić information content (AvgIpc) is 2.89. The number of aryl methyl sites for hydroxylation is 1. The van der Waals surface area contributed by atoms with Gasteiger partial charge in [0.05, 0.1) is 26.2 Å². The summed E-state index contributed by atoms with van der Waals surface area (Å²) in [5.41, 5.74) is 0.106. The van der Waals surface area contributed by atoms with Gasteiger partial charge >= 0.3 is 5.69 Å². The van der Waals surface area contributed by atoms with Crippen molar-refractivity contribution >= 4 is 17.1 Å². The standard InChI is InChI=1S/C11H16N6O2/c1-15-8-7(9(18)16(2)11(15)19)13-10(14-8)17-5-3-12-4-6-17/h12H,3-6H2,1-2H3,(H,13,14)/p+1. The number of fused-ring (bicyclic) bond motifs is 1. The first-order valence-electron chi connectivity index (χ1n) is 6.32. The Morgan fingerprint density at radius 2 is 1.84 bits per heavy atom. The molecule has 3 N–H and O–H groups in total. The maximum absolute atomic E-state index is 12.1. The lowest BCUT2D eigenvalue weighted by Crippen LogP contribution is -2.89. The van der Waals surface area contributed by atoms with Gasteiger partial charge in [-0.25, -0.2) is 4.79 Å². The number of nitrogens with one attached hydrogen (secondary N) is 1. The second-order valence-electron chi connectivity index (χ2n) is 4.82. The minimum Gasteiger partial charge on any atom is -0.343 e. The Hall–Kier alpha value is -2.09. The van der Waals surface area contributed by atoms with Crippen LogP contribution >= 0.6 is 0 Å². The molecule has 0 atom stereocenters. The minimum absolute atomic E-state index is 0.333. The molecule has 0 saturated carbocycles. The number of quaternary nitrogens is 1. The summed E-state index contributed by atoms with van der Waals surface area (Å²) in [6.45, 7) is 3.78. The molecule has 0 spiro atoms. The van der Waals surface area contributed by atoms with Gasteiger partial charge in [0, 0.05) is 14.1 Å². The third kappa shape index (κ3) is 1.75. The highest BCUT2D eigenvalue weighted by Gasteiger charge is 2.19. The number of rotatable bonds is 1. The van der Waals surface area contributed by atoms with Crippen LogP contribution in [0.2, 0.25) is 0 Å². The molecule has 0 bridgehead atoms. The minimum atomic E-state index is -0.359. The second-order valence-corrected chi connectivity index (χ2v) is 4.82. The fourth-order valence-electron chi connectivity index (χ4n) is 2.43. The molecule has 8 nitrogen and oxygen atoms in total. The maximum Gasteiger partial charge on any atom is 0.332 e. The third-order valence-corrected chi connectivity index (χ3v) is 3.59. The Morgan fingerprint density at radius 1 is 1.16 bits per heavy atom. The number of nitrogens with two attached hydrogens (primary N) is 1. The molecule has 2 aromatic rings. The fraction of sp³-hybridized carbons (Fsp3) is 0.545. The van der Waals surface area contributed by atoms with Crippen molar-refractivity contribution in [2.24, 2.45) is 14.1 Å². The van der Waals surface area contributed by atoms with E-state index in [9.17, 15) is 9.59 Å². The molecule has 19 heavy (non-hydrogen) atoms. The van der Waals surface area contributed by atoms with Crippen LogP contribution in [0, 0.1) is 0 Å². The molecular formula is C11H17N6O2+. The van der Waals surface area contributed by atoms with Crippen LogP contribution in [0.25, 0.3) is 11.2 Å². The summed E-state index contributed by atoms with van der Waals surface area (Å²) < 4.78 is 2.49. The molecule has 8 heteroatoms. The van der Waals surface area contributed by atoms with E-state index in [0.717, 1.165) is 30.7 Å². The van der Waals surface area contributed by atoms with Crippen LogP contribution in [0.3, 0.4) is 0 Å². The summed E-state index contributed by atoms with van der Waals surface area (Å²) in [5.74, 6) is 0.668. The molecule has 1 aliphatic rings. The van der Waals surface area contributed by atoms with Gasteiger partial charge < -0.3 is 15.2 Å². The fourth-order valence-corrected chi connectivity index (χ4v) is 2.43. The van der Waals surface area contributed by atoms with Gasteiger partial charge in [0.25, 0.3) is 5.56 Å². The Labute approximate surface area is 108 Å². The van der Waals surface area contributed by atoms with Crippen LogP contribution in [0.4, 0.5) is 5.95 Å². The van der Waals surface area contributed by atoms with Crippen LogP contribution < -0.4 is 21.5 Å². The zero-order valence-corrected chi connectivity index (χ0v) is 11.0. The van der Waals surface area contributed by atoms with E-state index in [2.05, 4.69) is 20.2 Å². The first-order valence-corrected chi connectivity index (χ1v) is 6.32. The van der Waals surface area contributed by atoms with E-state index < -0.39 is 0 Å². The smallest absolute Gasteiger partial charge is 0.332 e. The van der Waals surface area contributed by atoms with Crippen molar-refractivity contribution in [3.8, 4) is 0 Å². The van der Waals surface area contributed by atoms with Gasteiger partial charge in [0.2, 0.25) is 5.95 Å². The quantitative estimate of drug-likeness (QED) is 0.589. The predicted molar refractivity (Wildman–Crippen MR) is 70.4 cm³/mol. The molecule has 0 aliphatic carbocycles. The molecule has 0 unspecified atom stereocenters. The zero-order valence-electron chi connectivity index (χ0n) is 11.0. The second kappa shape index (κ2) is 4.23. The normalized spacial score (nSPS) is 16.2. The zero-order chi connectivity index (χ0) is 13.6. The molecule has 0 amide bonds. The van der Waals surface area contributed by atoms with Gasteiger partial charge in [-0.1, -0.05) is 0 Å². The molecular weight excluding hydrogens is 248 g/mol. The van der Waals surface area contributed by atoms with Crippen molar-refractivity contribution in [1.82, 2.24) is 19.1 Å². The molecule has 0 aromatic carbocycles. The van der Waals surface area contributed by atoms with Crippen LogP contribution in [-0.2, 0) is 14.1 Å². The summed E-state index contributed by atoms with van der Waals surface area (Å²) in [4.78, 5) is 33.4. The third-order valence-electron chi connectivity index (χ3n) is 3.59. The lowest BCUT2D eigenvalue weighted by molar-refractivity contribution is -0.655. The van der Waals surface area contributed by atoms with Gasteiger partial charge in [0.15, 0.2) is 11.2 Å². The Morgan fingerprint density at radius 3 is 2.53 bits per heavy atom. The molecule has 102 valence electrons. The van der Waals surface area contributed by atoms with Gasteiger partial charge in [-0.2, -0.15) is 4.98 Å². The Bertz CT molecular complexity index is 734. The molecule has 1 saturated heterocycles. The number of aromatic amines is 1. The van der Waals surface area contributed by atoms with Crippen LogP contribution in [-0.4, -0.2) is 45.3 Å². The number of hydrogen-bond acceptors (Lipinski definition) is 4. The summed E-state index contributed by atoms with van der Waals surface area (Å²) in [6, 6.07) is 0. The first kappa shape index (κ1) is 12.0. The van der Waals surface area contributed by atoms with Crippen LogP contribution in [0.5, 0.6) is 0 Å². The van der Waals surface area contributed by atoms with Crippen molar-refractivity contribution in [2.75, 3.05) is 31.1 Å². The lowest BCUT2D eigenvalue weighted by Gasteiger charge is -2.24. The summed E-state index contributed by atoms with van der Waals surface area (Å²) >= 11 is 0. The highest BCUT2D eigenvalue weighted by molar-refractivity contribution is 5.72. The molecule has 1 aliphatic heterocycles. The SMILES string of the molecule is Cn1c(=O)c2[nH]c(N3CC[NH2+]CC3)nc2n(C)c1=O. The number of hydrogen-bond donors (Lipinski definition) is 2. The largest absolute Gasteiger partial charge is 0.343 e. The van der Waals surface area contributed by atoms with E-state index >= 15 is 0 Å². The predicted octanol–water partition coefficient (Wildman–Crippen LogP) is -2.66. The van der Waals surface area contributed by atoms with Crippen molar-refractivity contribution in [2.45, 2.75) is 0 Å². The molecule has 0 radical (unpaired) electrons. The number of anilines is 1. The van der Waals surface area contributed by atoms with Crippen LogP contribution in [0.1, 0.15) is 0 Å². The Balaban J connectivity index is 2.20. The van der Waals surface area contributed by atoms with Gasteiger partial charge in [-0.3, -0.25) is 13.9 Å². The highest BCUT2D eigenvalue weighted by Crippen LogP contribution is 2.12. The van der Waals surface area contributed by atoms with Crippen molar-refractivity contribution < 1.29 is 5.32 Å². The van der Waals surface area contributed by atoms with E-state index in [1.54, 1.807) is 7.05 Å². The maximum atomic E-state index is 12.1. The van der Waals surface area contributed by atoms with Crippen LogP contribution in [0.15, 0.2) is 9.59 Å². The van der Waals surface area contributed by atoms with E-state index in [-0.39, 0.29) is 11.2 Å². The van der Waals surface area contributed by atoms with Gasteiger partial charge in [-0.05, 0) is 0 Å². The van der Waals surface area contributed by atoms with Crippen molar-refractivity contribution in [3.05, 3.63) is 20.8 Å². The van der Waals surface area contributed by atoms with E-state index in [1.165, 1.54) is 11.6 Å². The topological polar surface area (TPSA) is 92.5 Å². The highest BCUT2D eigenvalue weighted by atomic mass is 16.2. The summed E-state index contributed by atoms with van der Waals surface area (Å²) in [7, 11) is 3.10.